The summed E-state index contributed by atoms with van der Waals surface area (Å²) in [6, 6.07) is 67.0. The average molecular weight is 614 g/mol. The van der Waals surface area contributed by atoms with E-state index in [-0.39, 0.29) is 0 Å². The van der Waals surface area contributed by atoms with Crippen LogP contribution >= 0.6 is 0 Å². The Hall–Kier alpha value is -6.38. The molecule has 1 aromatic heterocycles. The lowest BCUT2D eigenvalue weighted by Gasteiger charge is -2.27. The quantitative estimate of drug-likeness (QED) is 0.185. The lowest BCUT2D eigenvalue weighted by Crippen LogP contribution is -2.10. The third-order valence-corrected chi connectivity index (χ3v) is 9.29. The maximum Gasteiger partial charge on any atom is 0.135 e. The van der Waals surface area contributed by atoms with Gasteiger partial charge in [-0.3, -0.25) is 0 Å². The van der Waals surface area contributed by atoms with Crippen LogP contribution in [0.3, 0.4) is 0 Å². The van der Waals surface area contributed by atoms with Gasteiger partial charge in [0.15, 0.2) is 0 Å². The monoisotopic (exact) mass is 613 g/mol. The van der Waals surface area contributed by atoms with Gasteiger partial charge in [0.2, 0.25) is 0 Å². The molecule has 9 rings (SSSR count). The summed E-state index contributed by atoms with van der Waals surface area (Å²) in [4.78, 5) is 2.36. The Labute approximate surface area is 279 Å². The van der Waals surface area contributed by atoms with Crippen molar-refractivity contribution in [2.75, 3.05) is 4.90 Å². The van der Waals surface area contributed by atoms with Crippen LogP contribution in [-0.4, -0.2) is 0 Å². The summed E-state index contributed by atoms with van der Waals surface area (Å²) < 4.78 is 6.04. The molecule has 0 unspecified atom stereocenters. The lowest BCUT2D eigenvalue weighted by molar-refractivity contribution is 0.669. The molecule has 0 aliphatic carbocycles. The molecule has 0 radical (unpaired) electrons. The number of furan rings is 1. The molecule has 0 saturated carbocycles. The molecule has 1 heterocycles. The van der Waals surface area contributed by atoms with E-state index < -0.39 is 0 Å². The fourth-order valence-corrected chi connectivity index (χ4v) is 6.83. The molecule has 0 atom stereocenters. The van der Waals surface area contributed by atoms with Crippen molar-refractivity contribution in [2.24, 2.45) is 0 Å². The highest BCUT2D eigenvalue weighted by atomic mass is 16.3. The van der Waals surface area contributed by atoms with Crippen LogP contribution in [0, 0.1) is 0 Å². The molecule has 0 N–H and O–H groups in total. The van der Waals surface area contributed by atoms with Crippen LogP contribution < -0.4 is 4.90 Å². The first-order valence-corrected chi connectivity index (χ1v) is 16.3. The summed E-state index contributed by atoms with van der Waals surface area (Å²) >= 11 is 0. The van der Waals surface area contributed by atoms with Crippen LogP contribution in [0.4, 0.5) is 17.1 Å². The molecule has 2 heteroatoms. The van der Waals surface area contributed by atoms with Gasteiger partial charge in [-0.05, 0) is 87.3 Å². The van der Waals surface area contributed by atoms with Crippen LogP contribution in [0.25, 0.3) is 66.1 Å². The molecule has 9 aromatic rings. The predicted octanol–water partition coefficient (Wildman–Crippen LogP) is 13.2. The summed E-state index contributed by atoms with van der Waals surface area (Å²) in [6.45, 7) is 0. The zero-order valence-electron chi connectivity index (χ0n) is 26.3. The van der Waals surface area contributed by atoms with Gasteiger partial charge >= 0.3 is 0 Å². The number of para-hydroxylation sites is 1. The van der Waals surface area contributed by atoms with Gasteiger partial charge in [-0.25, -0.2) is 0 Å². The Morgan fingerprint density at radius 2 is 0.792 bits per heavy atom. The Morgan fingerprint density at radius 1 is 0.312 bits per heavy atom. The average Bonchev–Trinajstić information content (AvgIpc) is 3.54. The Balaban J connectivity index is 1.06. The second-order valence-corrected chi connectivity index (χ2v) is 12.2. The highest BCUT2D eigenvalue weighted by molar-refractivity contribution is 6.06. The molecule has 2 nitrogen and oxygen atoms in total. The second-order valence-electron chi connectivity index (χ2n) is 12.2. The van der Waals surface area contributed by atoms with Gasteiger partial charge in [-0.2, -0.15) is 0 Å². The number of benzene rings is 8. The highest BCUT2D eigenvalue weighted by Crippen LogP contribution is 2.40. The molecular weight excluding hydrogens is 583 g/mol. The van der Waals surface area contributed by atoms with Crippen LogP contribution in [0.2, 0.25) is 0 Å². The van der Waals surface area contributed by atoms with Crippen molar-refractivity contribution in [1.29, 1.82) is 0 Å². The number of fused-ring (bicyclic) bond motifs is 4. The van der Waals surface area contributed by atoms with E-state index in [0.717, 1.165) is 39.0 Å². The fraction of sp³-hybridized carbons (Fsp3) is 0. The minimum atomic E-state index is 0.918. The molecule has 8 aromatic carbocycles. The number of hydrogen-bond donors (Lipinski definition) is 0. The van der Waals surface area contributed by atoms with E-state index in [1.54, 1.807) is 0 Å². The molecule has 0 amide bonds. The van der Waals surface area contributed by atoms with Crippen LogP contribution in [0.15, 0.2) is 192 Å². The fourth-order valence-electron chi connectivity index (χ4n) is 6.83. The molecule has 48 heavy (non-hydrogen) atoms. The van der Waals surface area contributed by atoms with Gasteiger partial charge in [0.1, 0.15) is 11.2 Å². The number of anilines is 3. The van der Waals surface area contributed by atoms with Crippen LogP contribution in [0.1, 0.15) is 0 Å². The molecule has 226 valence electrons. The minimum Gasteiger partial charge on any atom is -0.456 e. The third-order valence-electron chi connectivity index (χ3n) is 9.29. The summed E-state index contributed by atoms with van der Waals surface area (Å²) in [5.41, 5.74) is 12.4. The molecular formula is C46H31NO. The molecule has 0 aliphatic rings. The first-order chi connectivity index (χ1) is 23.8. The van der Waals surface area contributed by atoms with Gasteiger partial charge < -0.3 is 9.32 Å². The lowest BCUT2D eigenvalue weighted by atomic mass is 9.98. The van der Waals surface area contributed by atoms with E-state index in [9.17, 15) is 0 Å². The van der Waals surface area contributed by atoms with Gasteiger partial charge in [0.05, 0.1) is 5.69 Å². The first kappa shape index (κ1) is 27.9. The number of hydrogen-bond acceptors (Lipinski definition) is 2. The summed E-state index contributed by atoms with van der Waals surface area (Å²) in [7, 11) is 0. The SMILES string of the molecule is c1ccc(-c2ccc(N(c3ccc(-c4ccc(-c5ccc6oc7ccccc7c6c5)cc4)cc3)c3cccc4ccccc34)cc2)cc1. The Morgan fingerprint density at radius 3 is 1.48 bits per heavy atom. The zero-order chi connectivity index (χ0) is 31.9. The maximum atomic E-state index is 6.04. The molecule has 0 bridgehead atoms. The number of rotatable bonds is 6. The predicted molar refractivity (Wildman–Crippen MR) is 202 cm³/mol. The largest absolute Gasteiger partial charge is 0.456 e. The van der Waals surface area contributed by atoms with Crippen LogP contribution in [0.5, 0.6) is 0 Å². The summed E-state index contributed by atoms with van der Waals surface area (Å²) in [6.07, 6.45) is 0. The van der Waals surface area contributed by atoms with Crippen molar-refractivity contribution >= 4 is 49.8 Å². The van der Waals surface area contributed by atoms with Crippen molar-refractivity contribution in [3.63, 3.8) is 0 Å². The summed E-state index contributed by atoms with van der Waals surface area (Å²) in [5.74, 6) is 0. The standard InChI is InChI=1S/C46H31NO/c1-2-9-32(10-3-1)34-21-26-39(27-22-34)47(44-15-8-12-37-11-4-5-13-41(37)44)40-28-23-35(24-29-40)33-17-19-36(20-18-33)38-25-30-46-43(31-38)42-14-6-7-16-45(42)48-46/h1-31H. The van der Waals surface area contributed by atoms with Crippen LogP contribution in [-0.2, 0) is 0 Å². The van der Waals surface area contributed by atoms with E-state index >= 15 is 0 Å². The van der Waals surface area contributed by atoms with Gasteiger partial charge in [-0.1, -0.05) is 140 Å². The van der Waals surface area contributed by atoms with Gasteiger partial charge in [0.25, 0.3) is 0 Å². The van der Waals surface area contributed by atoms with Crippen molar-refractivity contribution in [3.8, 4) is 33.4 Å². The smallest absolute Gasteiger partial charge is 0.135 e. The second kappa shape index (κ2) is 11.8. The van der Waals surface area contributed by atoms with Gasteiger partial charge in [-0.15, -0.1) is 0 Å². The Bertz CT molecular complexity index is 2520. The minimum absolute atomic E-state index is 0.918. The topological polar surface area (TPSA) is 16.4 Å². The van der Waals surface area contributed by atoms with E-state index in [1.807, 2.05) is 12.1 Å². The van der Waals surface area contributed by atoms with E-state index in [0.29, 0.717) is 0 Å². The molecule has 0 saturated heterocycles. The Kier molecular flexibility index (Phi) is 6.84. The number of nitrogens with zero attached hydrogens (tertiary/aromatic N) is 1. The normalized spacial score (nSPS) is 11.3. The first-order valence-electron chi connectivity index (χ1n) is 16.3. The summed E-state index contributed by atoms with van der Waals surface area (Å²) in [5, 5.41) is 4.73. The third kappa shape index (κ3) is 5.01. The molecule has 0 fully saturated rings. The molecule has 0 aliphatic heterocycles. The maximum absolute atomic E-state index is 6.04. The zero-order valence-corrected chi connectivity index (χ0v) is 26.3. The molecule has 0 spiro atoms. The van der Waals surface area contributed by atoms with Crippen molar-refractivity contribution in [1.82, 2.24) is 0 Å². The van der Waals surface area contributed by atoms with Gasteiger partial charge in [0, 0.05) is 27.5 Å². The van der Waals surface area contributed by atoms with Crippen molar-refractivity contribution < 1.29 is 4.42 Å². The highest BCUT2D eigenvalue weighted by Gasteiger charge is 2.16. The van der Waals surface area contributed by atoms with E-state index in [4.69, 9.17) is 4.42 Å². The van der Waals surface area contributed by atoms with Crippen molar-refractivity contribution in [2.45, 2.75) is 0 Å². The van der Waals surface area contributed by atoms with Crippen molar-refractivity contribution in [3.05, 3.63) is 188 Å². The van der Waals surface area contributed by atoms with E-state index in [2.05, 4.69) is 181 Å². The van der Waals surface area contributed by atoms with E-state index in [1.165, 1.54) is 44.2 Å².